The number of aliphatic carboxylic acids is 2. The van der Waals surface area contributed by atoms with Gasteiger partial charge in [0.1, 0.15) is 6.04 Å². The number of carbonyl (C=O) groups is 3. The molecule has 2 rings (SSSR count). The van der Waals surface area contributed by atoms with E-state index in [9.17, 15) is 19.5 Å². The lowest BCUT2D eigenvalue weighted by atomic mass is 9.98. The van der Waals surface area contributed by atoms with Crippen LogP contribution >= 0.6 is 0 Å². The SMILES string of the molecule is NCC(C[C@H](NC(=O)[C@@H](N)Cc1ccc(-c2ccccc2)cc1)C(=O)O)C(=O)O. The molecule has 7 N–H and O–H groups in total. The first kappa shape index (κ1) is 22.1. The summed E-state index contributed by atoms with van der Waals surface area (Å²) >= 11 is 0. The van der Waals surface area contributed by atoms with Gasteiger partial charge in [-0.3, -0.25) is 9.59 Å². The second kappa shape index (κ2) is 10.4. The second-order valence-corrected chi connectivity index (χ2v) is 6.78. The molecule has 0 saturated heterocycles. The van der Waals surface area contributed by atoms with Crippen LogP contribution in [0, 0.1) is 5.92 Å². The summed E-state index contributed by atoms with van der Waals surface area (Å²) in [5, 5.41) is 20.6. The van der Waals surface area contributed by atoms with Crippen LogP contribution in [0.25, 0.3) is 11.1 Å². The largest absolute Gasteiger partial charge is 0.481 e. The maximum atomic E-state index is 12.3. The molecule has 0 aromatic heterocycles. The number of amides is 1. The molecule has 0 fully saturated rings. The summed E-state index contributed by atoms with van der Waals surface area (Å²) in [6.45, 7) is -0.227. The Hall–Kier alpha value is -3.23. The van der Waals surface area contributed by atoms with Crippen molar-refractivity contribution in [3.05, 3.63) is 60.2 Å². The average Bonchev–Trinajstić information content (AvgIpc) is 2.71. The number of rotatable bonds is 10. The first-order chi connectivity index (χ1) is 13.8. The monoisotopic (exact) mass is 399 g/mol. The molecular weight excluding hydrogens is 374 g/mol. The van der Waals surface area contributed by atoms with Gasteiger partial charge in [0.2, 0.25) is 5.91 Å². The van der Waals surface area contributed by atoms with Crippen molar-refractivity contribution in [3.63, 3.8) is 0 Å². The Labute approximate surface area is 168 Å². The quantitative estimate of drug-likeness (QED) is 0.396. The van der Waals surface area contributed by atoms with Gasteiger partial charge >= 0.3 is 11.9 Å². The molecule has 0 aliphatic rings. The van der Waals surface area contributed by atoms with Crippen molar-refractivity contribution in [1.82, 2.24) is 5.32 Å². The third-order valence-electron chi connectivity index (χ3n) is 4.62. The van der Waals surface area contributed by atoms with Crippen LogP contribution in [0.2, 0.25) is 0 Å². The molecule has 29 heavy (non-hydrogen) atoms. The van der Waals surface area contributed by atoms with Crippen LogP contribution in [0.4, 0.5) is 0 Å². The summed E-state index contributed by atoms with van der Waals surface area (Å²) in [6, 6.07) is 15.0. The number of nitrogens with one attached hydrogen (secondary N) is 1. The Bertz CT molecular complexity index is 839. The Morgan fingerprint density at radius 3 is 2.00 bits per heavy atom. The molecule has 0 saturated carbocycles. The second-order valence-electron chi connectivity index (χ2n) is 6.78. The van der Waals surface area contributed by atoms with E-state index in [1.807, 2.05) is 54.6 Å². The first-order valence-corrected chi connectivity index (χ1v) is 9.17. The van der Waals surface area contributed by atoms with E-state index in [-0.39, 0.29) is 19.4 Å². The van der Waals surface area contributed by atoms with E-state index in [1.54, 1.807) is 0 Å². The minimum atomic E-state index is -1.38. The predicted molar refractivity (Wildman–Crippen MR) is 108 cm³/mol. The molecule has 2 aromatic carbocycles. The van der Waals surface area contributed by atoms with Crippen molar-refractivity contribution >= 4 is 17.8 Å². The lowest BCUT2D eigenvalue weighted by Gasteiger charge is -2.20. The van der Waals surface area contributed by atoms with E-state index in [1.165, 1.54) is 0 Å². The minimum Gasteiger partial charge on any atom is -0.481 e. The van der Waals surface area contributed by atoms with Gasteiger partial charge in [-0.05, 0) is 29.5 Å². The molecule has 2 aromatic rings. The van der Waals surface area contributed by atoms with Gasteiger partial charge in [0, 0.05) is 6.54 Å². The van der Waals surface area contributed by atoms with E-state index in [0.29, 0.717) is 0 Å². The summed E-state index contributed by atoms with van der Waals surface area (Å²) in [7, 11) is 0. The van der Waals surface area contributed by atoms with Gasteiger partial charge in [-0.1, -0.05) is 54.6 Å². The van der Waals surface area contributed by atoms with Gasteiger partial charge < -0.3 is 27.0 Å². The molecule has 3 atom stereocenters. The van der Waals surface area contributed by atoms with Crippen molar-refractivity contribution in [2.45, 2.75) is 24.9 Å². The molecule has 0 bridgehead atoms. The Morgan fingerprint density at radius 2 is 1.48 bits per heavy atom. The lowest BCUT2D eigenvalue weighted by molar-refractivity contribution is -0.145. The highest BCUT2D eigenvalue weighted by Gasteiger charge is 2.29. The van der Waals surface area contributed by atoms with Crippen LogP contribution in [0.15, 0.2) is 54.6 Å². The topological polar surface area (TPSA) is 156 Å². The van der Waals surface area contributed by atoms with Crippen LogP contribution in [0.3, 0.4) is 0 Å². The Morgan fingerprint density at radius 1 is 0.897 bits per heavy atom. The molecule has 0 heterocycles. The summed E-state index contributed by atoms with van der Waals surface area (Å²) in [4.78, 5) is 34.8. The van der Waals surface area contributed by atoms with Crippen LogP contribution in [-0.2, 0) is 20.8 Å². The van der Waals surface area contributed by atoms with Crippen LogP contribution in [0.1, 0.15) is 12.0 Å². The molecule has 0 aliphatic carbocycles. The number of carboxylic acid groups (broad SMARTS) is 2. The van der Waals surface area contributed by atoms with E-state index < -0.39 is 35.8 Å². The van der Waals surface area contributed by atoms with Crippen molar-refractivity contribution in [3.8, 4) is 11.1 Å². The summed E-state index contributed by atoms with van der Waals surface area (Å²) < 4.78 is 0. The number of benzene rings is 2. The van der Waals surface area contributed by atoms with Gasteiger partial charge in [-0.15, -0.1) is 0 Å². The fraction of sp³-hybridized carbons (Fsp3) is 0.286. The maximum absolute atomic E-state index is 12.3. The highest BCUT2D eigenvalue weighted by molar-refractivity contribution is 5.87. The molecule has 8 nitrogen and oxygen atoms in total. The minimum absolute atomic E-state index is 0.215. The zero-order valence-electron chi connectivity index (χ0n) is 15.8. The Balaban J connectivity index is 1.98. The van der Waals surface area contributed by atoms with Crippen molar-refractivity contribution in [2.75, 3.05) is 6.54 Å². The highest BCUT2D eigenvalue weighted by atomic mass is 16.4. The summed E-state index contributed by atoms with van der Waals surface area (Å²) in [5.74, 6) is -4.28. The molecule has 0 spiro atoms. The van der Waals surface area contributed by atoms with E-state index in [0.717, 1.165) is 16.7 Å². The Kier molecular flexibility index (Phi) is 7.88. The zero-order valence-corrected chi connectivity index (χ0v) is 15.8. The fourth-order valence-electron chi connectivity index (χ4n) is 2.89. The van der Waals surface area contributed by atoms with E-state index in [2.05, 4.69) is 5.32 Å². The maximum Gasteiger partial charge on any atom is 0.326 e. The van der Waals surface area contributed by atoms with Crippen LogP contribution in [-0.4, -0.2) is 46.7 Å². The van der Waals surface area contributed by atoms with Gasteiger partial charge in [0.15, 0.2) is 0 Å². The van der Waals surface area contributed by atoms with Gasteiger partial charge in [-0.2, -0.15) is 0 Å². The van der Waals surface area contributed by atoms with Crippen LogP contribution in [0.5, 0.6) is 0 Å². The number of carbonyl (C=O) groups excluding carboxylic acids is 1. The zero-order chi connectivity index (χ0) is 21.4. The summed E-state index contributed by atoms with van der Waals surface area (Å²) in [6.07, 6.45) is -0.0993. The molecular formula is C21H25N3O5. The fourth-order valence-corrected chi connectivity index (χ4v) is 2.89. The van der Waals surface area contributed by atoms with E-state index in [4.69, 9.17) is 16.6 Å². The van der Waals surface area contributed by atoms with Crippen LogP contribution < -0.4 is 16.8 Å². The van der Waals surface area contributed by atoms with Gasteiger partial charge in [-0.25, -0.2) is 4.79 Å². The standard InChI is InChI=1S/C21H25N3O5/c22-12-16(20(26)27)11-18(21(28)29)24-19(25)17(23)10-13-6-8-15(9-7-13)14-4-2-1-3-5-14/h1-9,16-18H,10-12,22-23H2,(H,24,25)(H,26,27)(H,28,29)/t16?,17-,18-/m0/s1. The lowest BCUT2D eigenvalue weighted by Crippen LogP contribution is -2.50. The number of hydrogen-bond donors (Lipinski definition) is 5. The molecule has 8 heteroatoms. The molecule has 1 unspecified atom stereocenters. The normalized spacial score (nSPS) is 13.9. The third-order valence-corrected chi connectivity index (χ3v) is 4.62. The highest BCUT2D eigenvalue weighted by Crippen LogP contribution is 2.19. The van der Waals surface area contributed by atoms with E-state index >= 15 is 0 Å². The number of nitrogens with two attached hydrogens (primary N) is 2. The molecule has 0 radical (unpaired) electrons. The van der Waals surface area contributed by atoms with Gasteiger partial charge in [0.25, 0.3) is 0 Å². The van der Waals surface area contributed by atoms with Crippen molar-refractivity contribution in [1.29, 1.82) is 0 Å². The number of carboxylic acids is 2. The number of hydrogen-bond acceptors (Lipinski definition) is 5. The molecule has 1 amide bonds. The van der Waals surface area contributed by atoms with Crippen molar-refractivity contribution in [2.24, 2.45) is 17.4 Å². The molecule has 0 aliphatic heterocycles. The first-order valence-electron chi connectivity index (χ1n) is 9.17. The summed E-state index contributed by atoms with van der Waals surface area (Å²) in [5.41, 5.74) is 14.2. The smallest absolute Gasteiger partial charge is 0.326 e. The van der Waals surface area contributed by atoms with Gasteiger partial charge in [0.05, 0.1) is 12.0 Å². The predicted octanol–water partition coefficient (Wildman–Crippen LogP) is 0.842. The third kappa shape index (κ3) is 6.41. The molecule has 154 valence electrons. The average molecular weight is 399 g/mol. The van der Waals surface area contributed by atoms with Crippen molar-refractivity contribution < 1.29 is 24.6 Å².